The first kappa shape index (κ1) is 27.7. The Morgan fingerprint density at radius 3 is 1.43 bits per heavy atom. The highest BCUT2D eigenvalue weighted by molar-refractivity contribution is 6.22. The van der Waals surface area contributed by atoms with Crippen LogP contribution >= 0.6 is 0 Å². The van der Waals surface area contributed by atoms with Crippen molar-refractivity contribution in [3.8, 4) is 39.1 Å². The van der Waals surface area contributed by atoms with Crippen molar-refractivity contribution in [3.05, 3.63) is 188 Å². The van der Waals surface area contributed by atoms with Gasteiger partial charge in [0.15, 0.2) is 0 Å². The summed E-state index contributed by atoms with van der Waals surface area (Å²) in [5, 5.41) is 10.1. The largest absolute Gasteiger partial charge is 0.309 e. The number of para-hydroxylation sites is 2. The second-order valence-electron chi connectivity index (χ2n) is 12.9. The van der Waals surface area contributed by atoms with E-state index in [0.29, 0.717) is 0 Å². The number of hydrogen-bond acceptors (Lipinski definition) is 0. The zero-order valence-corrected chi connectivity index (χ0v) is 26.8. The maximum atomic E-state index is 2.39. The minimum Gasteiger partial charge on any atom is -0.309 e. The van der Waals surface area contributed by atoms with E-state index < -0.39 is 0 Å². The van der Waals surface area contributed by atoms with Crippen LogP contribution in [0.15, 0.2) is 188 Å². The fourth-order valence-electron chi connectivity index (χ4n) is 7.94. The van der Waals surface area contributed by atoms with Crippen LogP contribution in [0.2, 0.25) is 0 Å². The summed E-state index contributed by atoms with van der Waals surface area (Å²) in [6.45, 7) is 0. The molecule has 10 rings (SSSR count). The van der Waals surface area contributed by atoms with Crippen molar-refractivity contribution >= 4 is 54.1 Å². The van der Waals surface area contributed by atoms with Crippen LogP contribution in [0, 0.1) is 0 Å². The zero-order chi connectivity index (χ0) is 32.3. The van der Waals surface area contributed by atoms with Gasteiger partial charge in [0.25, 0.3) is 0 Å². The van der Waals surface area contributed by atoms with E-state index in [2.05, 4.69) is 193 Å². The van der Waals surface area contributed by atoms with Crippen molar-refractivity contribution in [2.75, 3.05) is 0 Å². The third-order valence-corrected chi connectivity index (χ3v) is 10.1. The molecule has 9 aromatic carbocycles. The molecule has 0 amide bonds. The molecular formula is C48H31N. The van der Waals surface area contributed by atoms with Crippen LogP contribution in [0.4, 0.5) is 0 Å². The third-order valence-electron chi connectivity index (χ3n) is 10.1. The van der Waals surface area contributed by atoms with Gasteiger partial charge in [0.1, 0.15) is 0 Å². The fraction of sp³-hybridized carbons (Fsp3) is 0. The molecule has 0 spiro atoms. The summed E-state index contributed by atoms with van der Waals surface area (Å²) in [7, 11) is 0. The summed E-state index contributed by atoms with van der Waals surface area (Å²) < 4.78 is 2.39. The minimum atomic E-state index is 1.18. The quantitative estimate of drug-likeness (QED) is 0.172. The second kappa shape index (κ2) is 11.1. The Morgan fingerprint density at radius 2 is 0.755 bits per heavy atom. The smallest absolute Gasteiger partial charge is 0.0541 e. The summed E-state index contributed by atoms with van der Waals surface area (Å²) >= 11 is 0. The highest BCUT2D eigenvalue weighted by atomic mass is 15.0. The molecule has 0 bridgehead atoms. The van der Waals surface area contributed by atoms with Gasteiger partial charge >= 0.3 is 0 Å². The molecule has 0 N–H and O–H groups in total. The van der Waals surface area contributed by atoms with E-state index in [4.69, 9.17) is 0 Å². The zero-order valence-electron chi connectivity index (χ0n) is 26.8. The Labute approximate surface area is 284 Å². The Bertz CT molecular complexity index is 2810. The summed E-state index contributed by atoms with van der Waals surface area (Å²) in [4.78, 5) is 0. The summed E-state index contributed by atoms with van der Waals surface area (Å²) in [5.74, 6) is 0. The van der Waals surface area contributed by atoms with Gasteiger partial charge < -0.3 is 4.57 Å². The lowest BCUT2D eigenvalue weighted by Crippen LogP contribution is -1.94. The van der Waals surface area contributed by atoms with Crippen LogP contribution in [-0.2, 0) is 0 Å². The fourth-order valence-corrected chi connectivity index (χ4v) is 7.94. The molecule has 10 aromatic rings. The van der Waals surface area contributed by atoms with Crippen molar-refractivity contribution < 1.29 is 0 Å². The number of rotatable bonds is 4. The normalized spacial score (nSPS) is 11.7. The lowest BCUT2D eigenvalue weighted by atomic mass is 9.84. The lowest BCUT2D eigenvalue weighted by molar-refractivity contribution is 1.19. The third kappa shape index (κ3) is 4.40. The van der Waals surface area contributed by atoms with Gasteiger partial charge in [0, 0.05) is 16.5 Å². The number of fused-ring (bicyclic) bond motifs is 6. The van der Waals surface area contributed by atoms with Crippen LogP contribution in [0.3, 0.4) is 0 Å². The average Bonchev–Trinajstić information content (AvgIpc) is 3.51. The molecule has 0 saturated heterocycles. The van der Waals surface area contributed by atoms with Gasteiger partial charge in [0.2, 0.25) is 0 Å². The Hall–Kier alpha value is -6.44. The maximum Gasteiger partial charge on any atom is 0.0541 e. The number of hydrogen-bond donors (Lipinski definition) is 0. The maximum absolute atomic E-state index is 2.39. The van der Waals surface area contributed by atoms with E-state index in [1.807, 2.05) is 0 Å². The monoisotopic (exact) mass is 621 g/mol. The highest BCUT2D eigenvalue weighted by Crippen LogP contribution is 2.45. The summed E-state index contributed by atoms with van der Waals surface area (Å²) in [6.07, 6.45) is 0. The molecule has 1 aromatic heterocycles. The molecule has 0 aliphatic rings. The molecule has 1 heterocycles. The molecule has 0 atom stereocenters. The first-order chi connectivity index (χ1) is 24.3. The summed E-state index contributed by atoms with van der Waals surface area (Å²) in [5.41, 5.74) is 11.1. The van der Waals surface area contributed by atoms with Crippen molar-refractivity contribution in [2.24, 2.45) is 0 Å². The molecule has 0 aliphatic heterocycles. The summed E-state index contributed by atoms with van der Waals surface area (Å²) in [6, 6.07) is 68.8. The predicted molar refractivity (Wildman–Crippen MR) is 210 cm³/mol. The molecule has 1 heteroatoms. The van der Waals surface area contributed by atoms with E-state index in [0.717, 1.165) is 0 Å². The van der Waals surface area contributed by atoms with Crippen molar-refractivity contribution in [2.45, 2.75) is 0 Å². The molecule has 0 unspecified atom stereocenters. The molecule has 0 fully saturated rings. The predicted octanol–water partition coefficient (Wildman–Crippen LogP) is 13.2. The highest BCUT2D eigenvalue weighted by Gasteiger charge is 2.18. The van der Waals surface area contributed by atoms with Gasteiger partial charge in [-0.1, -0.05) is 152 Å². The van der Waals surface area contributed by atoms with Crippen molar-refractivity contribution in [1.82, 2.24) is 4.57 Å². The number of benzene rings is 9. The van der Waals surface area contributed by atoms with Gasteiger partial charge in [-0.15, -0.1) is 0 Å². The standard InChI is InChI=1S/C48H31N/c1-3-13-32(14-4-1)36-26-28-43-44(31-36)47(33-15-5-2-6-16-33)41-19-7-8-20-42(41)48(43)37-24-23-35-30-38(27-25-34(35)29-37)49-45-21-11-9-17-39(45)40-18-10-12-22-46(40)49/h1-31H. The van der Waals surface area contributed by atoms with Crippen LogP contribution < -0.4 is 0 Å². The van der Waals surface area contributed by atoms with E-state index in [1.165, 1.54) is 93.2 Å². The van der Waals surface area contributed by atoms with Crippen LogP contribution in [0.25, 0.3) is 93.2 Å². The van der Waals surface area contributed by atoms with E-state index in [9.17, 15) is 0 Å². The minimum absolute atomic E-state index is 1.18. The molecule has 0 saturated carbocycles. The molecule has 0 radical (unpaired) electrons. The van der Waals surface area contributed by atoms with Gasteiger partial charge in [-0.25, -0.2) is 0 Å². The molecule has 0 aliphatic carbocycles. The first-order valence-corrected chi connectivity index (χ1v) is 16.9. The van der Waals surface area contributed by atoms with Crippen LogP contribution in [0.5, 0.6) is 0 Å². The Morgan fingerprint density at radius 1 is 0.265 bits per heavy atom. The average molecular weight is 622 g/mol. The van der Waals surface area contributed by atoms with E-state index >= 15 is 0 Å². The van der Waals surface area contributed by atoms with Crippen molar-refractivity contribution in [3.63, 3.8) is 0 Å². The Balaban J connectivity index is 1.20. The molecule has 228 valence electrons. The number of nitrogens with zero attached hydrogens (tertiary/aromatic N) is 1. The van der Waals surface area contributed by atoms with Gasteiger partial charge in [-0.2, -0.15) is 0 Å². The van der Waals surface area contributed by atoms with Gasteiger partial charge in [-0.3, -0.25) is 0 Å². The van der Waals surface area contributed by atoms with E-state index in [1.54, 1.807) is 0 Å². The second-order valence-corrected chi connectivity index (χ2v) is 12.9. The van der Waals surface area contributed by atoms with Crippen molar-refractivity contribution in [1.29, 1.82) is 0 Å². The van der Waals surface area contributed by atoms with Gasteiger partial charge in [0.05, 0.1) is 11.0 Å². The molecule has 1 nitrogen and oxygen atoms in total. The Kier molecular flexibility index (Phi) is 6.25. The number of aromatic nitrogens is 1. The topological polar surface area (TPSA) is 4.93 Å². The SMILES string of the molecule is c1ccc(-c2ccc3c(-c4ccc5cc(-n6c7ccccc7c7ccccc76)ccc5c4)c4ccccc4c(-c4ccccc4)c3c2)cc1. The van der Waals surface area contributed by atoms with E-state index in [-0.39, 0.29) is 0 Å². The van der Waals surface area contributed by atoms with Crippen LogP contribution in [-0.4, -0.2) is 4.57 Å². The van der Waals surface area contributed by atoms with Gasteiger partial charge in [-0.05, 0) is 102 Å². The first-order valence-electron chi connectivity index (χ1n) is 16.9. The molecule has 49 heavy (non-hydrogen) atoms. The lowest BCUT2D eigenvalue weighted by Gasteiger charge is -2.19. The van der Waals surface area contributed by atoms with Crippen LogP contribution in [0.1, 0.15) is 0 Å². The molecular weight excluding hydrogens is 591 g/mol.